The molecule has 2 aromatic carbocycles. The van der Waals surface area contributed by atoms with Crippen LogP contribution in [0.1, 0.15) is 166 Å². The van der Waals surface area contributed by atoms with E-state index in [0.717, 1.165) is 11.5 Å². The molecule has 0 atom stereocenters. The summed E-state index contributed by atoms with van der Waals surface area (Å²) in [5.41, 5.74) is 5.33. The van der Waals surface area contributed by atoms with E-state index >= 15 is 0 Å². The summed E-state index contributed by atoms with van der Waals surface area (Å²) in [6.07, 6.45) is 29.8. The summed E-state index contributed by atoms with van der Waals surface area (Å²) in [5, 5.41) is 0. The number of hydrogen-bond donors (Lipinski definition) is 0. The normalized spacial score (nSPS) is 13.3. The van der Waals surface area contributed by atoms with Crippen LogP contribution in [0.15, 0.2) is 60.7 Å². The molecular formula is C45H60I2OS2. The van der Waals surface area contributed by atoms with Crippen LogP contribution >= 0.6 is 67.9 Å². The van der Waals surface area contributed by atoms with E-state index in [1.165, 1.54) is 179 Å². The molecule has 0 bridgehead atoms. The van der Waals surface area contributed by atoms with Crippen LogP contribution in [0.2, 0.25) is 0 Å². The van der Waals surface area contributed by atoms with Crippen molar-refractivity contribution in [1.82, 2.24) is 0 Å². The molecule has 1 aliphatic rings. The minimum absolute atomic E-state index is 0.0376. The Balaban J connectivity index is 1.41. The number of rotatable bonds is 24. The summed E-state index contributed by atoms with van der Waals surface area (Å²) in [6, 6.07) is 23.2. The molecule has 1 nitrogen and oxygen atoms in total. The van der Waals surface area contributed by atoms with Crippen LogP contribution < -0.4 is 4.74 Å². The first-order valence-electron chi connectivity index (χ1n) is 20.0. The highest BCUT2D eigenvalue weighted by Crippen LogP contribution is 2.58. The van der Waals surface area contributed by atoms with Gasteiger partial charge in [0.15, 0.2) is 0 Å². The molecule has 0 fully saturated rings. The standard InChI is InChI=1S/C45H60I2OS2/c1-3-5-7-9-11-13-15-17-19-21-33-45(34-22-20-18-16-14-12-10-8-6-4-2)37-27-23-25-35(39-29-31-41(46)49-39)43(37)48-44-36(26-24-28-38(44)45)40-30-32-42(47)50-40/h23-32H,3-22,33-34H2,1-2H3. The molecule has 4 aromatic rings. The minimum Gasteiger partial charge on any atom is -0.455 e. The first-order chi connectivity index (χ1) is 24.6. The fourth-order valence-electron chi connectivity index (χ4n) is 8.09. The van der Waals surface area contributed by atoms with Gasteiger partial charge in [0.05, 0.1) is 5.77 Å². The van der Waals surface area contributed by atoms with E-state index in [-0.39, 0.29) is 5.41 Å². The van der Waals surface area contributed by atoms with Gasteiger partial charge >= 0.3 is 0 Å². The van der Waals surface area contributed by atoms with E-state index in [9.17, 15) is 0 Å². The van der Waals surface area contributed by atoms with Gasteiger partial charge in [0.1, 0.15) is 11.5 Å². The van der Waals surface area contributed by atoms with Crippen LogP contribution in [0, 0.1) is 5.77 Å². The van der Waals surface area contributed by atoms with Gasteiger partial charge in [-0.25, -0.2) is 0 Å². The third-order valence-electron chi connectivity index (χ3n) is 10.9. The average Bonchev–Trinajstić information content (AvgIpc) is 3.77. The predicted molar refractivity (Wildman–Crippen MR) is 239 cm³/mol. The summed E-state index contributed by atoms with van der Waals surface area (Å²) in [4.78, 5) is 2.62. The van der Waals surface area contributed by atoms with E-state index < -0.39 is 0 Å². The lowest BCUT2D eigenvalue weighted by Gasteiger charge is -2.42. The van der Waals surface area contributed by atoms with Crippen LogP contribution in [0.5, 0.6) is 11.5 Å². The molecule has 0 radical (unpaired) electrons. The van der Waals surface area contributed by atoms with Gasteiger partial charge in [0.2, 0.25) is 0 Å². The summed E-state index contributed by atoms with van der Waals surface area (Å²) >= 11 is 8.68. The number of thiophene rings is 2. The van der Waals surface area contributed by atoms with Crippen LogP contribution in [0.3, 0.4) is 0 Å². The summed E-state index contributed by atoms with van der Waals surface area (Å²) in [5.74, 6) is 2.22. The third kappa shape index (κ3) is 11.1. The Hall–Kier alpha value is -0.900. The van der Waals surface area contributed by atoms with Gasteiger partial charge < -0.3 is 4.74 Å². The number of unbranched alkanes of at least 4 members (excludes halogenated alkanes) is 18. The molecule has 0 saturated carbocycles. The van der Waals surface area contributed by atoms with Crippen molar-refractivity contribution in [2.24, 2.45) is 0 Å². The fourth-order valence-corrected chi connectivity index (χ4v) is 11.4. The lowest BCUT2D eigenvalue weighted by molar-refractivity contribution is 0.338. The zero-order valence-electron chi connectivity index (χ0n) is 30.8. The first kappa shape index (κ1) is 40.3. The molecule has 5 rings (SSSR count). The lowest BCUT2D eigenvalue weighted by atomic mass is 9.65. The lowest BCUT2D eigenvalue weighted by Crippen LogP contribution is -2.32. The van der Waals surface area contributed by atoms with E-state index in [2.05, 4.69) is 120 Å². The number of benzene rings is 2. The molecule has 3 heterocycles. The maximum atomic E-state index is 7.23. The molecule has 50 heavy (non-hydrogen) atoms. The Labute approximate surface area is 340 Å². The molecule has 1 aliphatic heterocycles. The molecule has 0 spiro atoms. The van der Waals surface area contributed by atoms with Gasteiger partial charge in [-0.1, -0.05) is 167 Å². The first-order valence-corrected chi connectivity index (χ1v) is 23.8. The van der Waals surface area contributed by atoms with Crippen molar-refractivity contribution in [2.45, 2.75) is 161 Å². The number of fused-ring (bicyclic) bond motifs is 2. The van der Waals surface area contributed by atoms with Crippen molar-refractivity contribution >= 4 is 67.9 Å². The fraction of sp³-hybridized carbons (Fsp3) is 0.556. The van der Waals surface area contributed by atoms with Gasteiger partial charge in [-0.2, -0.15) is 0 Å². The van der Waals surface area contributed by atoms with Crippen molar-refractivity contribution in [3.63, 3.8) is 0 Å². The smallest absolute Gasteiger partial charge is 0.140 e. The van der Waals surface area contributed by atoms with Crippen molar-refractivity contribution in [2.75, 3.05) is 0 Å². The Morgan fingerprint density at radius 2 is 0.820 bits per heavy atom. The maximum Gasteiger partial charge on any atom is 0.140 e. The molecule has 0 N–H and O–H groups in total. The Kier molecular flexibility index (Phi) is 17.5. The molecule has 5 heteroatoms. The predicted octanol–water partition coefficient (Wildman–Crippen LogP) is 17.4. The SMILES string of the molecule is CCCCCCCCCCCCC1(CCCCCCCCCCCC)c2cccc(-c3ccc(I)s3)c2Oc2c(-c3ccc(I)s3)cccc21. The average molecular weight is 935 g/mol. The second-order valence-electron chi connectivity index (χ2n) is 14.6. The Bertz CT molecular complexity index is 1450. The number of para-hydroxylation sites is 2. The van der Waals surface area contributed by atoms with Gasteiger partial charge in [-0.15, -0.1) is 22.7 Å². The molecule has 0 amide bonds. The van der Waals surface area contributed by atoms with Crippen molar-refractivity contribution < 1.29 is 4.74 Å². The minimum atomic E-state index is -0.0376. The summed E-state index contributed by atoms with van der Waals surface area (Å²) in [7, 11) is 0. The van der Waals surface area contributed by atoms with Crippen LogP contribution in [-0.2, 0) is 5.41 Å². The quantitative estimate of drug-likeness (QED) is 0.0502. The molecular weight excluding hydrogens is 874 g/mol. The van der Waals surface area contributed by atoms with Crippen LogP contribution in [0.25, 0.3) is 20.9 Å². The topological polar surface area (TPSA) is 9.23 Å². The van der Waals surface area contributed by atoms with Crippen molar-refractivity contribution in [3.05, 3.63) is 77.6 Å². The third-order valence-corrected chi connectivity index (χ3v) is 14.7. The van der Waals surface area contributed by atoms with Crippen LogP contribution in [0.4, 0.5) is 0 Å². The highest BCUT2D eigenvalue weighted by molar-refractivity contribution is 14.1. The molecule has 0 saturated heterocycles. The maximum absolute atomic E-state index is 7.23. The summed E-state index contributed by atoms with van der Waals surface area (Å²) in [6.45, 7) is 4.62. The molecule has 272 valence electrons. The largest absolute Gasteiger partial charge is 0.455 e. The number of hydrogen-bond acceptors (Lipinski definition) is 3. The monoisotopic (exact) mass is 934 g/mol. The van der Waals surface area contributed by atoms with Gasteiger partial charge in [-0.3, -0.25) is 0 Å². The Morgan fingerprint density at radius 3 is 1.16 bits per heavy atom. The highest BCUT2D eigenvalue weighted by Gasteiger charge is 2.43. The zero-order chi connectivity index (χ0) is 35.0. The highest BCUT2D eigenvalue weighted by atomic mass is 127. The van der Waals surface area contributed by atoms with Gasteiger partial charge in [0.25, 0.3) is 0 Å². The van der Waals surface area contributed by atoms with Crippen LogP contribution in [-0.4, -0.2) is 0 Å². The van der Waals surface area contributed by atoms with E-state index in [1.54, 1.807) is 0 Å². The second-order valence-corrected chi connectivity index (χ2v) is 20.6. The van der Waals surface area contributed by atoms with Gasteiger partial charge in [0, 0.05) is 37.4 Å². The number of halogens is 2. The van der Waals surface area contributed by atoms with Gasteiger partial charge in [-0.05, 0) is 94.4 Å². The second kappa shape index (κ2) is 21.7. The molecule has 2 aromatic heterocycles. The Morgan fingerprint density at radius 1 is 0.460 bits per heavy atom. The molecule has 0 aliphatic carbocycles. The molecule has 0 unspecified atom stereocenters. The van der Waals surface area contributed by atoms with E-state index in [0.29, 0.717) is 0 Å². The van der Waals surface area contributed by atoms with E-state index in [1.807, 2.05) is 22.7 Å². The summed E-state index contributed by atoms with van der Waals surface area (Å²) < 4.78 is 9.87. The number of ether oxygens (including phenoxy) is 1. The van der Waals surface area contributed by atoms with Crippen molar-refractivity contribution in [1.29, 1.82) is 0 Å². The van der Waals surface area contributed by atoms with Crippen molar-refractivity contribution in [3.8, 4) is 32.4 Å². The van der Waals surface area contributed by atoms with E-state index in [4.69, 9.17) is 4.74 Å². The zero-order valence-corrected chi connectivity index (χ0v) is 36.8.